The van der Waals surface area contributed by atoms with Gasteiger partial charge in [-0.2, -0.15) is 0 Å². The molecule has 1 aromatic heterocycles. The van der Waals surface area contributed by atoms with E-state index in [0.717, 1.165) is 12.2 Å². The van der Waals surface area contributed by atoms with Gasteiger partial charge >= 0.3 is 0 Å². The quantitative estimate of drug-likeness (QED) is 0.886. The molecule has 0 saturated heterocycles. The fourth-order valence-corrected chi connectivity index (χ4v) is 3.39. The van der Waals surface area contributed by atoms with E-state index in [1.807, 2.05) is 19.1 Å². The van der Waals surface area contributed by atoms with Gasteiger partial charge in [0.2, 0.25) is 0 Å². The SMILES string of the molecule is CC(Cc1ccco1)NCc1c(Cl)cccc1S(C)(=O)=O. The van der Waals surface area contributed by atoms with Crippen LogP contribution in [0.25, 0.3) is 0 Å². The molecule has 0 saturated carbocycles. The Labute approximate surface area is 130 Å². The monoisotopic (exact) mass is 327 g/mol. The summed E-state index contributed by atoms with van der Waals surface area (Å²) in [6, 6.07) is 8.82. The fourth-order valence-electron chi connectivity index (χ4n) is 2.14. The van der Waals surface area contributed by atoms with Crippen LogP contribution in [-0.2, 0) is 22.8 Å². The Balaban J connectivity index is 2.09. The van der Waals surface area contributed by atoms with Crippen LogP contribution in [-0.4, -0.2) is 20.7 Å². The number of benzene rings is 1. The van der Waals surface area contributed by atoms with Crippen molar-refractivity contribution in [1.29, 1.82) is 0 Å². The Kier molecular flexibility index (Phi) is 5.08. The highest BCUT2D eigenvalue weighted by molar-refractivity contribution is 7.90. The van der Waals surface area contributed by atoms with Crippen molar-refractivity contribution in [2.75, 3.05) is 6.26 Å². The molecule has 0 fully saturated rings. The first-order chi connectivity index (χ1) is 9.88. The van der Waals surface area contributed by atoms with E-state index < -0.39 is 9.84 Å². The molecule has 4 nitrogen and oxygen atoms in total. The van der Waals surface area contributed by atoms with Gasteiger partial charge in [-0.1, -0.05) is 17.7 Å². The van der Waals surface area contributed by atoms with Crippen molar-refractivity contribution in [3.05, 3.63) is 52.9 Å². The van der Waals surface area contributed by atoms with Crippen molar-refractivity contribution < 1.29 is 12.8 Å². The lowest BCUT2D eigenvalue weighted by atomic mass is 10.1. The van der Waals surface area contributed by atoms with Gasteiger partial charge in [0, 0.05) is 35.8 Å². The summed E-state index contributed by atoms with van der Waals surface area (Å²) in [4.78, 5) is 0.271. The molecular formula is C15H18ClNO3S. The Hall–Kier alpha value is -1.30. The molecule has 114 valence electrons. The largest absolute Gasteiger partial charge is 0.469 e. The van der Waals surface area contributed by atoms with E-state index in [0.29, 0.717) is 17.1 Å². The summed E-state index contributed by atoms with van der Waals surface area (Å²) < 4.78 is 28.9. The molecule has 0 aliphatic rings. The number of hydrogen-bond donors (Lipinski definition) is 1. The number of furan rings is 1. The molecule has 0 radical (unpaired) electrons. The molecule has 0 bridgehead atoms. The number of sulfone groups is 1. The van der Waals surface area contributed by atoms with Crippen LogP contribution in [0.1, 0.15) is 18.2 Å². The molecule has 6 heteroatoms. The maximum absolute atomic E-state index is 11.8. The van der Waals surface area contributed by atoms with Crippen LogP contribution < -0.4 is 5.32 Å². The predicted molar refractivity (Wildman–Crippen MR) is 83.3 cm³/mol. The van der Waals surface area contributed by atoms with Crippen molar-refractivity contribution >= 4 is 21.4 Å². The second-order valence-electron chi connectivity index (χ2n) is 5.05. The average Bonchev–Trinajstić information content (AvgIpc) is 2.88. The molecular weight excluding hydrogens is 310 g/mol. The minimum Gasteiger partial charge on any atom is -0.469 e. The standard InChI is InChI=1S/C15H18ClNO3S/c1-11(9-12-5-4-8-20-12)17-10-13-14(16)6-3-7-15(13)21(2,18)19/h3-8,11,17H,9-10H2,1-2H3. The lowest BCUT2D eigenvalue weighted by Crippen LogP contribution is -2.28. The van der Waals surface area contributed by atoms with Gasteiger partial charge in [0.15, 0.2) is 9.84 Å². The molecule has 0 spiro atoms. The van der Waals surface area contributed by atoms with Crippen LogP contribution in [0.5, 0.6) is 0 Å². The maximum atomic E-state index is 11.8. The van der Waals surface area contributed by atoms with Crippen molar-refractivity contribution in [1.82, 2.24) is 5.32 Å². The third-order valence-corrected chi connectivity index (χ3v) is 4.73. The van der Waals surface area contributed by atoms with Crippen LogP contribution in [0.3, 0.4) is 0 Å². The number of hydrogen-bond acceptors (Lipinski definition) is 4. The lowest BCUT2D eigenvalue weighted by Gasteiger charge is -2.15. The first kappa shape index (κ1) is 16.1. The molecule has 0 aliphatic heterocycles. The van der Waals surface area contributed by atoms with Crippen LogP contribution in [0.15, 0.2) is 45.9 Å². The average molecular weight is 328 g/mol. The van der Waals surface area contributed by atoms with Gasteiger partial charge in [-0.25, -0.2) is 8.42 Å². The molecule has 1 atom stereocenters. The van der Waals surface area contributed by atoms with Gasteiger partial charge < -0.3 is 9.73 Å². The second-order valence-corrected chi connectivity index (χ2v) is 7.45. The first-order valence-electron chi connectivity index (χ1n) is 6.61. The minimum absolute atomic E-state index is 0.139. The smallest absolute Gasteiger partial charge is 0.175 e. The molecule has 0 aliphatic carbocycles. The summed E-state index contributed by atoms with van der Waals surface area (Å²) in [5.41, 5.74) is 0.605. The van der Waals surface area contributed by atoms with Crippen LogP contribution in [0.2, 0.25) is 5.02 Å². The Bertz CT molecular complexity index is 696. The van der Waals surface area contributed by atoms with Gasteiger partial charge in [0.1, 0.15) is 5.76 Å². The Morgan fingerprint density at radius 3 is 2.67 bits per heavy atom. The van der Waals surface area contributed by atoms with E-state index >= 15 is 0 Å². The maximum Gasteiger partial charge on any atom is 0.175 e. The minimum atomic E-state index is -3.30. The molecule has 21 heavy (non-hydrogen) atoms. The highest BCUT2D eigenvalue weighted by Gasteiger charge is 2.16. The van der Waals surface area contributed by atoms with Crippen LogP contribution >= 0.6 is 11.6 Å². The van der Waals surface area contributed by atoms with E-state index in [4.69, 9.17) is 16.0 Å². The van der Waals surface area contributed by atoms with E-state index in [1.54, 1.807) is 24.5 Å². The third kappa shape index (κ3) is 4.33. The van der Waals surface area contributed by atoms with E-state index in [9.17, 15) is 8.42 Å². The normalized spacial score (nSPS) is 13.3. The summed E-state index contributed by atoms with van der Waals surface area (Å²) >= 11 is 6.14. The van der Waals surface area contributed by atoms with Gasteiger partial charge in [0.25, 0.3) is 0 Å². The van der Waals surface area contributed by atoms with Crippen molar-refractivity contribution in [2.24, 2.45) is 0 Å². The van der Waals surface area contributed by atoms with Gasteiger partial charge in [-0.3, -0.25) is 0 Å². The summed E-state index contributed by atoms with van der Waals surface area (Å²) in [5, 5.41) is 3.74. The van der Waals surface area contributed by atoms with E-state index in [-0.39, 0.29) is 10.9 Å². The molecule has 1 unspecified atom stereocenters. The highest BCUT2D eigenvalue weighted by atomic mass is 35.5. The second kappa shape index (κ2) is 6.64. The molecule has 2 aromatic rings. The Morgan fingerprint density at radius 1 is 1.29 bits per heavy atom. The Morgan fingerprint density at radius 2 is 2.05 bits per heavy atom. The van der Waals surface area contributed by atoms with Gasteiger partial charge in [-0.15, -0.1) is 0 Å². The van der Waals surface area contributed by atoms with Crippen LogP contribution in [0.4, 0.5) is 0 Å². The predicted octanol–water partition coefficient (Wildman–Crippen LogP) is 3.06. The van der Waals surface area contributed by atoms with E-state index in [2.05, 4.69) is 5.32 Å². The van der Waals surface area contributed by atoms with Gasteiger partial charge in [0.05, 0.1) is 11.2 Å². The summed E-state index contributed by atoms with van der Waals surface area (Å²) in [7, 11) is -3.30. The summed E-state index contributed by atoms with van der Waals surface area (Å²) in [5.74, 6) is 0.887. The first-order valence-corrected chi connectivity index (χ1v) is 8.88. The zero-order chi connectivity index (χ0) is 15.5. The van der Waals surface area contributed by atoms with E-state index in [1.165, 1.54) is 6.26 Å². The number of halogens is 1. The number of rotatable bonds is 6. The van der Waals surface area contributed by atoms with Crippen molar-refractivity contribution in [3.63, 3.8) is 0 Å². The topological polar surface area (TPSA) is 59.3 Å². The molecule has 1 heterocycles. The third-order valence-electron chi connectivity index (χ3n) is 3.19. The zero-order valence-corrected chi connectivity index (χ0v) is 13.5. The van der Waals surface area contributed by atoms with Crippen LogP contribution in [0, 0.1) is 0 Å². The number of nitrogens with one attached hydrogen (secondary N) is 1. The zero-order valence-electron chi connectivity index (χ0n) is 12.0. The molecule has 1 aromatic carbocycles. The highest BCUT2D eigenvalue weighted by Crippen LogP contribution is 2.24. The summed E-state index contributed by atoms with van der Waals surface area (Å²) in [6.07, 6.45) is 3.55. The van der Waals surface area contributed by atoms with Crippen molar-refractivity contribution in [2.45, 2.75) is 30.8 Å². The molecule has 0 amide bonds. The fraction of sp³-hybridized carbons (Fsp3) is 0.333. The lowest BCUT2D eigenvalue weighted by molar-refractivity contribution is 0.455. The molecule has 1 N–H and O–H groups in total. The van der Waals surface area contributed by atoms with Crippen molar-refractivity contribution in [3.8, 4) is 0 Å². The van der Waals surface area contributed by atoms with Gasteiger partial charge in [-0.05, 0) is 31.2 Å². The molecule has 2 rings (SSSR count). The summed E-state index contributed by atoms with van der Waals surface area (Å²) in [6.45, 7) is 2.41.